The Bertz CT molecular complexity index is 1350. The van der Waals surface area contributed by atoms with Crippen LogP contribution in [0.1, 0.15) is 39.3 Å². The molecule has 0 bridgehead atoms. The van der Waals surface area contributed by atoms with Crippen LogP contribution in [0.5, 0.6) is 0 Å². The number of carbonyl (C=O) groups is 2. The fraction of sp³-hybridized carbons (Fsp3) is 0.190. The van der Waals surface area contributed by atoms with Crippen molar-refractivity contribution in [3.05, 3.63) is 71.4 Å². The van der Waals surface area contributed by atoms with E-state index in [1.165, 1.54) is 23.9 Å². The minimum Gasteiger partial charge on any atom is -0.321 e. The lowest BCUT2D eigenvalue weighted by Crippen LogP contribution is -2.18. The molecule has 1 aromatic carbocycles. The molecular weight excluding hydrogens is 456 g/mol. The molecule has 0 spiro atoms. The Labute approximate surface area is 191 Å². The van der Waals surface area contributed by atoms with Crippen LogP contribution in [-0.4, -0.2) is 36.2 Å². The average molecular weight is 474 g/mol. The molecule has 0 radical (unpaired) electrons. The quantitative estimate of drug-likeness (QED) is 0.411. The smallest absolute Gasteiger partial charge is 0.321 e. The molecule has 2 N–H and O–H groups in total. The zero-order valence-corrected chi connectivity index (χ0v) is 18.3. The topological polar surface area (TPSA) is 106 Å². The number of amides is 2. The van der Waals surface area contributed by atoms with Crippen LogP contribution in [0.3, 0.4) is 0 Å². The highest BCUT2D eigenvalue weighted by molar-refractivity contribution is 6.21. The molecule has 0 aliphatic rings. The Kier molecular flexibility index (Phi) is 5.81. The van der Waals surface area contributed by atoms with Crippen molar-refractivity contribution < 1.29 is 18.4 Å². The van der Waals surface area contributed by atoms with Crippen molar-refractivity contribution in [3.8, 4) is 0 Å². The number of anilines is 2. The first kappa shape index (κ1) is 22.3. The number of hydrogen-bond donors (Lipinski definition) is 2. The van der Waals surface area contributed by atoms with E-state index in [9.17, 15) is 18.4 Å². The first-order valence-corrected chi connectivity index (χ1v) is 10.2. The maximum atomic E-state index is 13.8. The van der Waals surface area contributed by atoms with Crippen LogP contribution in [0.4, 0.5) is 20.2 Å². The summed E-state index contributed by atoms with van der Waals surface area (Å²) in [5.41, 5.74) is 0.193. The average Bonchev–Trinajstić information content (AvgIpc) is 3.37. The number of benzene rings is 1. The fourth-order valence-corrected chi connectivity index (χ4v) is 3.29. The number of alkyl halides is 3. The summed E-state index contributed by atoms with van der Waals surface area (Å²) in [5, 5.41) is 9.71. The Morgan fingerprint density at radius 3 is 2.48 bits per heavy atom. The van der Waals surface area contributed by atoms with E-state index in [0.717, 1.165) is 10.6 Å². The monoisotopic (exact) mass is 473 g/mol. The van der Waals surface area contributed by atoms with Gasteiger partial charge in [0.15, 0.2) is 17.0 Å². The summed E-state index contributed by atoms with van der Waals surface area (Å²) < 4.78 is 29.9. The summed E-state index contributed by atoms with van der Waals surface area (Å²) in [6.45, 7) is 3.80. The lowest BCUT2D eigenvalue weighted by atomic mass is 10.3. The summed E-state index contributed by atoms with van der Waals surface area (Å²) in [6.07, 6.45) is 1.49. The number of fused-ring (bicyclic) bond motifs is 1. The number of nitrogens with zero attached hydrogens (tertiary/aromatic N) is 5. The lowest BCUT2D eigenvalue weighted by molar-refractivity contribution is 0.0867. The van der Waals surface area contributed by atoms with Gasteiger partial charge in [0.1, 0.15) is 5.69 Å². The molecule has 4 aromatic rings. The number of carbonyl (C=O) groups excluding carboxylic acids is 2. The number of aryl methyl sites for hydroxylation is 2. The van der Waals surface area contributed by atoms with Gasteiger partial charge in [-0.2, -0.15) is 19.0 Å². The van der Waals surface area contributed by atoms with E-state index in [-0.39, 0.29) is 28.4 Å². The number of rotatable bonds is 6. The predicted molar refractivity (Wildman–Crippen MR) is 118 cm³/mol. The third-order valence-electron chi connectivity index (χ3n) is 4.66. The maximum Gasteiger partial charge on any atom is 0.364 e. The van der Waals surface area contributed by atoms with E-state index in [4.69, 9.17) is 11.6 Å². The summed E-state index contributed by atoms with van der Waals surface area (Å²) in [7, 11) is 0. The number of hydrogen-bond acceptors (Lipinski definition) is 5. The van der Waals surface area contributed by atoms with Crippen molar-refractivity contribution in [3.63, 3.8) is 0 Å². The molecule has 12 heteroatoms. The highest BCUT2D eigenvalue weighted by Gasteiger charge is 2.33. The van der Waals surface area contributed by atoms with Gasteiger partial charge in [0.05, 0.1) is 5.69 Å². The molecule has 0 saturated carbocycles. The van der Waals surface area contributed by atoms with Gasteiger partial charge < -0.3 is 10.6 Å². The zero-order valence-electron chi connectivity index (χ0n) is 17.5. The minimum atomic E-state index is -3.71. The van der Waals surface area contributed by atoms with Crippen molar-refractivity contribution in [1.29, 1.82) is 0 Å². The van der Waals surface area contributed by atoms with Crippen LogP contribution < -0.4 is 10.6 Å². The second kappa shape index (κ2) is 8.58. The summed E-state index contributed by atoms with van der Waals surface area (Å²) >= 11 is 5.19. The van der Waals surface area contributed by atoms with Crippen LogP contribution >= 0.6 is 11.6 Å². The second-order valence-corrected chi connectivity index (χ2v) is 7.58. The SMILES string of the molecule is CCn1cc(NC(=O)c2cc3nc(C)cc(C(F)(F)Cl)n3n2)c(C(=O)Nc2ccccc2)n1. The Morgan fingerprint density at radius 1 is 1.09 bits per heavy atom. The van der Waals surface area contributed by atoms with Gasteiger partial charge >= 0.3 is 5.38 Å². The Balaban J connectivity index is 1.64. The van der Waals surface area contributed by atoms with E-state index in [2.05, 4.69) is 25.8 Å². The van der Waals surface area contributed by atoms with Crippen molar-refractivity contribution in [1.82, 2.24) is 24.4 Å². The third-order valence-corrected chi connectivity index (χ3v) is 4.85. The molecule has 0 aliphatic heterocycles. The van der Waals surface area contributed by atoms with Crippen molar-refractivity contribution >= 4 is 40.4 Å². The molecule has 2 amide bonds. The fourth-order valence-electron chi connectivity index (χ4n) is 3.15. The maximum absolute atomic E-state index is 13.8. The largest absolute Gasteiger partial charge is 0.364 e. The Morgan fingerprint density at radius 2 is 1.82 bits per heavy atom. The van der Waals surface area contributed by atoms with Gasteiger partial charge in [0.25, 0.3) is 11.8 Å². The van der Waals surface area contributed by atoms with E-state index in [1.54, 1.807) is 24.3 Å². The van der Waals surface area contributed by atoms with Gasteiger partial charge in [-0.1, -0.05) is 18.2 Å². The van der Waals surface area contributed by atoms with Crippen LogP contribution in [0.15, 0.2) is 48.7 Å². The van der Waals surface area contributed by atoms with Crippen LogP contribution in [-0.2, 0) is 11.9 Å². The number of halogens is 3. The normalized spacial score (nSPS) is 11.5. The molecular formula is C21H18ClF2N7O2. The zero-order chi connectivity index (χ0) is 23.8. The number of aromatic nitrogens is 5. The molecule has 0 unspecified atom stereocenters. The minimum absolute atomic E-state index is 0.0141. The van der Waals surface area contributed by atoms with Gasteiger partial charge in [-0.15, -0.1) is 0 Å². The van der Waals surface area contributed by atoms with E-state index in [1.807, 2.05) is 13.0 Å². The molecule has 0 atom stereocenters. The molecule has 4 rings (SSSR count). The Hall–Kier alpha value is -3.86. The predicted octanol–water partition coefficient (Wildman–Crippen LogP) is 4.05. The summed E-state index contributed by atoms with van der Waals surface area (Å²) in [4.78, 5) is 29.7. The lowest BCUT2D eigenvalue weighted by Gasteiger charge is -2.10. The third kappa shape index (κ3) is 4.67. The molecule has 0 aliphatic carbocycles. The molecule has 9 nitrogen and oxygen atoms in total. The summed E-state index contributed by atoms with van der Waals surface area (Å²) in [5.74, 6) is -1.26. The van der Waals surface area contributed by atoms with Crippen LogP contribution in [0.2, 0.25) is 0 Å². The van der Waals surface area contributed by atoms with Gasteiger partial charge in [-0.3, -0.25) is 14.3 Å². The van der Waals surface area contributed by atoms with E-state index >= 15 is 0 Å². The van der Waals surface area contributed by atoms with E-state index < -0.39 is 22.9 Å². The molecule has 33 heavy (non-hydrogen) atoms. The standard InChI is InChI=1S/C21H18ClF2N7O2/c1-3-30-11-15(18(29-30)20(33)26-13-7-5-4-6-8-13)27-19(32)14-10-17-25-12(2)9-16(21(22,23)24)31(17)28-14/h4-11H,3H2,1-2H3,(H,26,33)(H,27,32). The first-order chi connectivity index (χ1) is 15.7. The molecule has 0 fully saturated rings. The molecule has 3 heterocycles. The van der Waals surface area contributed by atoms with Crippen LogP contribution in [0.25, 0.3) is 5.65 Å². The molecule has 3 aromatic heterocycles. The van der Waals surface area contributed by atoms with E-state index in [0.29, 0.717) is 12.2 Å². The highest BCUT2D eigenvalue weighted by Crippen LogP contribution is 2.32. The van der Waals surface area contributed by atoms with Gasteiger partial charge in [0.2, 0.25) is 0 Å². The highest BCUT2D eigenvalue weighted by atomic mass is 35.5. The molecule has 0 saturated heterocycles. The molecule has 170 valence electrons. The second-order valence-electron chi connectivity index (χ2n) is 7.10. The van der Waals surface area contributed by atoms with Crippen molar-refractivity contribution in [2.75, 3.05) is 10.6 Å². The van der Waals surface area contributed by atoms with Crippen molar-refractivity contribution in [2.45, 2.75) is 25.8 Å². The van der Waals surface area contributed by atoms with Crippen molar-refractivity contribution in [2.24, 2.45) is 0 Å². The van der Waals surface area contributed by atoms with Gasteiger partial charge in [-0.05, 0) is 43.6 Å². The number of para-hydroxylation sites is 1. The first-order valence-electron chi connectivity index (χ1n) is 9.85. The van der Waals surface area contributed by atoms with Gasteiger partial charge in [0, 0.05) is 30.2 Å². The number of nitrogens with one attached hydrogen (secondary N) is 2. The van der Waals surface area contributed by atoms with Gasteiger partial charge in [-0.25, -0.2) is 9.50 Å². The summed E-state index contributed by atoms with van der Waals surface area (Å²) in [6, 6.07) is 11.1. The van der Waals surface area contributed by atoms with Crippen LogP contribution in [0, 0.1) is 6.92 Å².